The predicted molar refractivity (Wildman–Crippen MR) is 106 cm³/mol. The van der Waals surface area contributed by atoms with Crippen LogP contribution in [0.4, 0.5) is 0 Å². The summed E-state index contributed by atoms with van der Waals surface area (Å²) in [6, 6.07) is -3.12. The van der Waals surface area contributed by atoms with E-state index in [4.69, 9.17) is 0 Å². The third-order valence-electron chi connectivity index (χ3n) is 4.67. The molecule has 1 rings (SSSR count). The summed E-state index contributed by atoms with van der Waals surface area (Å²) in [6.45, 7) is 5.14. The van der Waals surface area contributed by atoms with E-state index in [-0.39, 0.29) is 24.2 Å². The molecule has 0 aromatic rings. The molecule has 0 bridgehead atoms. The minimum Gasteiger partial charge on any atom is -0.480 e. The SMILES string of the molecule is CC(C)C[C@H](NC(=O)[C@H](CO)NC(=O)[C@H]1CCCN1C(=O)C(C)CS)C(=O)O. The first-order chi connectivity index (χ1) is 13.1. The van der Waals surface area contributed by atoms with Crippen molar-refractivity contribution >= 4 is 36.3 Å². The standard InChI is InChI=1S/C18H31N3O6S/c1-10(2)7-12(18(26)27)19-15(23)13(8-22)20-16(24)14-5-4-6-21(14)17(25)11(3)9-28/h10-14,22,28H,4-9H2,1-3H3,(H,19,23)(H,20,24)(H,26,27)/t11?,12-,13-,14+/m0/s1. The van der Waals surface area contributed by atoms with Gasteiger partial charge in [0.2, 0.25) is 17.7 Å². The molecule has 0 aromatic heterocycles. The molecule has 28 heavy (non-hydrogen) atoms. The Bertz CT molecular complexity index is 586. The van der Waals surface area contributed by atoms with Crippen molar-refractivity contribution in [2.24, 2.45) is 11.8 Å². The molecule has 1 saturated heterocycles. The van der Waals surface area contributed by atoms with E-state index in [1.54, 1.807) is 6.92 Å². The number of carbonyl (C=O) groups excluding carboxylic acids is 3. The average Bonchev–Trinajstić information content (AvgIpc) is 3.13. The molecule has 1 aliphatic heterocycles. The van der Waals surface area contributed by atoms with Gasteiger partial charge >= 0.3 is 5.97 Å². The fourth-order valence-electron chi connectivity index (χ4n) is 3.09. The summed E-state index contributed by atoms with van der Waals surface area (Å²) in [5.74, 6) is -2.61. The first-order valence-electron chi connectivity index (χ1n) is 9.48. The van der Waals surface area contributed by atoms with Crippen molar-refractivity contribution in [2.75, 3.05) is 18.9 Å². The highest BCUT2D eigenvalue weighted by Crippen LogP contribution is 2.20. The van der Waals surface area contributed by atoms with Crippen molar-refractivity contribution in [3.63, 3.8) is 0 Å². The number of nitrogens with one attached hydrogen (secondary N) is 2. The summed E-state index contributed by atoms with van der Waals surface area (Å²) in [4.78, 5) is 50.2. The Morgan fingerprint density at radius 2 is 1.79 bits per heavy atom. The lowest BCUT2D eigenvalue weighted by molar-refractivity contribution is -0.144. The predicted octanol–water partition coefficient (Wildman–Crippen LogP) is -0.364. The molecular weight excluding hydrogens is 386 g/mol. The number of aliphatic hydroxyl groups excluding tert-OH is 1. The Morgan fingerprint density at radius 3 is 2.29 bits per heavy atom. The zero-order valence-electron chi connectivity index (χ0n) is 16.6. The number of hydrogen-bond acceptors (Lipinski definition) is 6. The highest BCUT2D eigenvalue weighted by molar-refractivity contribution is 7.80. The van der Waals surface area contributed by atoms with Crippen LogP contribution in [0.25, 0.3) is 0 Å². The summed E-state index contributed by atoms with van der Waals surface area (Å²) < 4.78 is 0. The van der Waals surface area contributed by atoms with Crippen LogP contribution >= 0.6 is 12.6 Å². The molecule has 4 N–H and O–H groups in total. The normalized spacial score (nSPS) is 19.8. The molecule has 0 spiro atoms. The number of aliphatic hydroxyl groups is 1. The number of amides is 3. The van der Waals surface area contributed by atoms with Gasteiger partial charge in [0.05, 0.1) is 6.61 Å². The number of carbonyl (C=O) groups is 4. The van der Waals surface area contributed by atoms with Crippen molar-refractivity contribution in [1.29, 1.82) is 0 Å². The molecule has 0 saturated carbocycles. The van der Waals surface area contributed by atoms with Crippen LogP contribution in [0.15, 0.2) is 0 Å². The molecule has 0 aromatic carbocycles. The van der Waals surface area contributed by atoms with Gasteiger partial charge in [0.1, 0.15) is 18.1 Å². The van der Waals surface area contributed by atoms with Crippen LogP contribution in [-0.4, -0.2) is 75.8 Å². The number of carboxylic acids is 1. The number of carboxylic acid groups (broad SMARTS) is 1. The van der Waals surface area contributed by atoms with Crippen LogP contribution < -0.4 is 10.6 Å². The van der Waals surface area contributed by atoms with Gasteiger partial charge in [0, 0.05) is 18.2 Å². The van der Waals surface area contributed by atoms with E-state index in [0.29, 0.717) is 25.1 Å². The lowest BCUT2D eigenvalue weighted by Gasteiger charge is -2.28. The fraction of sp³-hybridized carbons (Fsp3) is 0.778. The van der Waals surface area contributed by atoms with Crippen molar-refractivity contribution in [2.45, 2.75) is 58.2 Å². The summed E-state index contributed by atoms with van der Waals surface area (Å²) in [6.07, 6.45) is 1.34. The van der Waals surface area contributed by atoms with Crippen LogP contribution in [0.3, 0.4) is 0 Å². The van der Waals surface area contributed by atoms with E-state index in [0.717, 1.165) is 0 Å². The Kier molecular flexibility index (Phi) is 9.74. The second-order valence-electron chi connectivity index (χ2n) is 7.55. The van der Waals surface area contributed by atoms with Gasteiger partial charge in [-0.2, -0.15) is 12.6 Å². The van der Waals surface area contributed by atoms with Crippen LogP contribution in [0, 0.1) is 11.8 Å². The summed E-state index contributed by atoms with van der Waals surface area (Å²) >= 11 is 4.12. The molecule has 160 valence electrons. The van der Waals surface area contributed by atoms with Gasteiger partial charge in [-0.15, -0.1) is 0 Å². The van der Waals surface area contributed by atoms with E-state index in [9.17, 15) is 29.4 Å². The smallest absolute Gasteiger partial charge is 0.326 e. The maximum atomic E-state index is 12.6. The van der Waals surface area contributed by atoms with Gasteiger partial charge in [-0.25, -0.2) is 4.79 Å². The Morgan fingerprint density at radius 1 is 1.14 bits per heavy atom. The van der Waals surface area contributed by atoms with E-state index in [1.165, 1.54) is 4.90 Å². The van der Waals surface area contributed by atoms with Crippen LogP contribution in [0.1, 0.15) is 40.0 Å². The lowest BCUT2D eigenvalue weighted by atomic mass is 10.0. The third-order valence-corrected chi connectivity index (χ3v) is 5.22. The maximum Gasteiger partial charge on any atom is 0.326 e. The zero-order chi connectivity index (χ0) is 21.4. The number of aliphatic carboxylic acids is 1. The van der Waals surface area contributed by atoms with Crippen molar-refractivity contribution < 1.29 is 29.4 Å². The number of nitrogens with zero attached hydrogens (tertiary/aromatic N) is 1. The molecule has 3 amide bonds. The van der Waals surface area contributed by atoms with Crippen molar-refractivity contribution in [3.8, 4) is 0 Å². The third kappa shape index (κ3) is 6.66. The first kappa shape index (κ1) is 24.2. The maximum absolute atomic E-state index is 12.6. The molecule has 1 unspecified atom stereocenters. The molecule has 1 aliphatic rings. The molecule has 1 fully saturated rings. The first-order valence-corrected chi connectivity index (χ1v) is 10.1. The van der Waals surface area contributed by atoms with Gasteiger partial charge < -0.3 is 25.7 Å². The van der Waals surface area contributed by atoms with Crippen LogP contribution in [0.2, 0.25) is 0 Å². The van der Waals surface area contributed by atoms with E-state index in [1.807, 2.05) is 13.8 Å². The van der Waals surface area contributed by atoms with Gasteiger partial charge in [-0.3, -0.25) is 14.4 Å². The van der Waals surface area contributed by atoms with Gasteiger partial charge in [0.25, 0.3) is 0 Å². The fourth-order valence-corrected chi connectivity index (χ4v) is 3.25. The number of rotatable bonds is 10. The van der Waals surface area contributed by atoms with Crippen molar-refractivity contribution in [3.05, 3.63) is 0 Å². The number of hydrogen-bond donors (Lipinski definition) is 5. The molecule has 1 heterocycles. The lowest BCUT2D eigenvalue weighted by Crippen LogP contribution is -2.57. The largest absolute Gasteiger partial charge is 0.480 e. The number of thiol groups is 1. The van der Waals surface area contributed by atoms with Gasteiger partial charge in [0.15, 0.2) is 0 Å². The Labute approximate surface area is 170 Å². The highest BCUT2D eigenvalue weighted by atomic mass is 32.1. The minimum atomic E-state index is -1.29. The summed E-state index contributed by atoms with van der Waals surface area (Å²) in [5, 5.41) is 23.5. The van der Waals surface area contributed by atoms with E-state index >= 15 is 0 Å². The van der Waals surface area contributed by atoms with Crippen LogP contribution in [-0.2, 0) is 19.2 Å². The second-order valence-corrected chi connectivity index (χ2v) is 7.91. The number of likely N-dealkylation sites (tertiary alicyclic amines) is 1. The van der Waals surface area contributed by atoms with Crippen LogP contribution in [0.5, 0.6) is 0 Å². The minimum absolute atomic E-state index is 0.0375. The molecule has 4 atom stereocenters. The molecule has 0 radical (unpaired) electrons. The van der Waals surface area contributed by atoms with Crippen molar-refractivity contribution in [1.82, 2.24) is 15.5 Å². The average molecular weight is 418 g/mol. The Balaban J connectivity index is 2.77. The monoisotopic (exact) mass is 417 g/mol. The quantitative estimate of drug-likeness (QED) is 0.308. The summed E-state index contributed by atoms with van der Waals surface area (Å²) in [7, 11) is 0. The van der Waals surface area contributed by atoms with Gasteiger partial charge in [-0.05, 0) is 25.2 Å². The molecular formula is C18H31N3O6S. The zero-order valence-corrected chi connectivity index (χ0v) is 17.4. The molecule has 9 nitrogen and oxygen atoms in total. The second kappa shape index (κ2) is 11.3. The molecule has 10 heteroatoms. The highest BCUT2D eigenvalue weighted by Gasteiger charge is 2.37. The molecule has 0 aliphatic carbocycles. The summed E-state index contributed by atoms with van der Waals surface area (Å²) in [5.41, 5.74) is 0. The van der Waals surface area contributed by atoms with Gasteiger partial charge in [-0.1, -0.05) is 20.8 Å². The van der Waals surface area contributed by atoms with E-state index in [2.05, 4.69) is 23.3 Å². The van der Waals surface area contributed by atoms with E-state index < -0.39 is 42.5 Å². The Hall–Kier alpha value is -1.81. The topological polar surface area (TPSA) is 136 Å².